The monoisotopic (exact) mass is 576 g/mol. The number of aromatic nitrogens is 2. The van der Waals surface area contributed by atoms with Crippen molar-refractivity contribution in [3.63, 3.8) is 0 Å². The molecule has 0 amide bonds. The Morgan fingerprint density at radius 2 is 1.13 bits per heavy atom. The van der Waals surface area contributed by atoms with Gasteiger partial charge in [-0.25, -0.2) is 4.98 Å². The second-order valence-electron chi connectivity index (χ2n) is 11.8. The lowest BCUT2D eigenvalue weighted by molar-refractivity contribution is 0.662. The van der Waals surface area contributed by atoms with Gasteiger partial charge in [-0.2, -0.15) is 0 Å². The van der Waals surface area contributed by atoms with Crippen LogP contribution in [0.5, 0.6) is 0 Å². The summed E-state index contributed by atoms with van der Waals surface area (Å²) in [5, 5.41) is 8.96. The largest absolute Gasteiger partial charge is 0.456 e. The Labute approximate surface area is 257 Å². The van der Waals surface area contributed by atoms with Gasteiger partial charge in [0, 0.05) is 49.0 Å². The summed E-state index contributed by atoms with van der Waals surface area (Å²) in [6, 6.07) is 42.1. The van der Waals surface area contributed by atoms with Crippen molar-refractivity contribution >= 4 is 76.5 Å². The molecular weight excluding hydrogens is 552 g/mol. The van der Waals surface area contributed by atoms with Crippen LogP contribution in [-0.4, -0.2) is 9.97 Å². The zero-order valence-corrected chi connectivity index (χ0v) is 24.3. The molecule has 45 heavy (non-hydrogen) atoms. The van der Waals surface area contributed by atoms with Crippen molar-refractivity contribution in [2.24, 2.45) is 0 Å². The van der Waals surface area contributed by atoms with Crippen molar-refractivity contribution < 1.29 is 8.83 Å². The van der Waals surface area contributed by atoms with E-state index in [0.29, 0.717) is 0 Å². The number of hydrogen-bond donors (Lipinski definition) is 0. The Bertz CT molecular complexity index is 2800. The van der Waals surface area contributed by atoms with E-state index in [-0.39, 0.29) is 0 Å². The zero-order chi connectivity index (χ0) is 29.6. The molecule has 4 nitrogen and oxygen atoms in total. The first-order chi connectivity index (χ1) is 22.2. The molecule has 0 aliphatic heterocycles. The van der Waals surface area contributed by atoms with Gasteiger partial charge in [0.1, 0.15) is 22.3 Å². The highest BCUT2D eigenvalue weighted by molar-refractivity contribution is 6.23. The van der Waals surface area contributed by atoms with Crippen LogP contribution in [0.1, 0.15) is 5.56 Å². The van der Waals surface area contributed by atoms with Crippen LogP contribution in [0.2, 0.25) is 0 Å². The number of rotatable bonds is 2. The van der Waals surface area contributed by atoms with Crippen molar-refractivity contribution in [1.29, 1.82) is 0 Å². The van der Waals surface area contributed by atoms with Crippen LogP contribution in [0.4, 0.5) is 0 Å². The van der Waals surface area contributed by atoms with E-state index in [9.17, 15) is 0 Å². The molecule has 4 heteroatoms. The molecule has 0 bridgehead atoms. The summed E-state index contributed by atoms with van der Waals surface area (Å²) in [7, 11) is 0. The van der Waals surface area contributed by atoms with Crippen molar-refractivity contribution in [3.8, 4) is 22.4 Å². The summed E-state index contributed by atoms with van der Waals surface area (Å²) in [4.78, 5) is 10.2. The van der Waals surface area contributed by atoms with Crippen LogP contribution in [0.15, 0.2) is 136 Å². The zero-order valence-electron chi connectivity index (χ0n) is 24.3. The fraction of sp³-hybridized carbons (Fsp3) is 0.0244. The maximum atomic E-state index is 6.67. The standard InChI is InChI=1S/C41H24N2O2/c1-23-37-32-18-9-17-26(41(32)45-36(37)21-33-29-14-6-7-19-35(29)44-40(23)33)24-10-8-11-25(20-24)34-22-42-38-30-15-4-2-12-27(30)28-13-3-5-16-31(28)39(38)43-34/h2-22H,1H3. The highest BCUT2D eigenvalue weighted by atomic mass is 16.3. The Hall–Kier alpha value is -6.00. The molecule has 7 aromatic carbocycles. The quantitative estimate of drug-likeness (QED) is 0.192. The van der Waals surface area contributed by atoms with Crippen LogP contribution in [-0.2, 0) is 0 Å². The molecule has 0 aliphatic carbocycles. The third-order valence-corrected chi connectivity index (χ3v) is 9.26. The van der Waals surface area contributed by atoms with Gasteiger partial charge in [0.2, 0.25) is 0 Å². The topological polar surface area (TPSA) is 52.1 Å². The maximum Gasteiger partial charge on any atom is 0.143 e. The molecule has 0 aliphatic rings. The van der Waals surface area contributed by atoms with E-state index in [1.165, 1.54) is 10.8 Å². The number of aryl methyl sites for hydroxylation is 1. The Morgan fingerprint density at radius 3 is 1.96 bits per heavy atom. The van der Waals surface area contributed by atoms with Gasteiger partial charge >= 0.3 is 0 Å². The first-order valence-corrected chi connectivity index (χ1v) is 15.2. The van der Waals surface area contributed by atoms with Crippen molar-refractivity contribution in [2.45, 2.75) is 6.92 Å². The number of para-hydroxylation sites is 2. The highest BCUT2D eigenvalue weighted by Gasteiger charge is 2.19. The van der Waals surface area contributed by atoms with E-state index in [2.05, 4.69) is 110 Å². The van der Waals surface area contributed by atoms with Gasteiger partial charge in [-0.15, -0.1) is 0 Å². The summed E-state index contributed by atoms with van der Waals surface area (Å²) < 4.78 is 13.0. The second kappa shape index (κ2) is 9.01. The first kappa shape index (κ1) is 24.4. The van der Waals surface area contributed by atoms with Crippen molar-refractivity contribution in [2.75, 3.05) is 0 Å². The SMILES string of the molecule is Cc1c2oc3ccccc3c2cc2oc3c(-c4cccc(-c5cnc6c7ccccc7c7ccccc7c6n5)c4)cccc3c12. The summed E-state index contributed by atoms with van der Waals surface area (Å²) in [5.41, 5.74) is 10.4. The van der Waals surface area contributed by atoms with Crippen LogP contribution in [0.25, 0.3) is 98.8 Å². The minimum absolute atomic E-state index is 0.838. The summed E-state index contributed by atoms with van der Waals surface area (Å²) in [6.07, 6.45) is 1.90. The van der Waals surface area contributed by atoms with Gasteiger partial charge in [-0.1, -0.05) is 103 Å². The molecule has 0 unspecified atom stereocenters. The fourth-order valence-corrected chi connectivity index (χ4v) is 7.19. The van der Waals surface area contributed by atoms with Gasteiger partial charge in [-0.3, -0.25) is 4.98 Å². The van der Waals surface area contributed by atoms with Gasteiger partial charge in [0.05, 0.1) is 22.9 Å². The molecular formula is C41H24N2O2. The summed E-state index contributed by atoms with van der Waals surface area (Å²) in [5.74, 6) is 0. The average molecular weight is 577 g/mol. The molecule has 210 valence electrons. The predicted molar refractivity (Wildman–Crippen MR) is 185 cm³/mol. The van der Waals surface area contributed by atoms with E-state index in [0.717, 1.165) is 93.6 Å². The minimum atomic E-state index is 0.838. The predicted octanol–water partition coefficient (Wildman–Crippen LogP) is 11.4. The lowest BCUT2D eigenvalue weighted by atomic mass is 9.97. The van der Waals surface area contributed by atoms with Gasteiger partial charge in [0.25, 0.3) is 0 Å². The maximum absolute atomic E-state index is 6.67. The van der Waals surface area contributed by atoms with E-state index in [1.807, 2.05) is 24.4 Å². The van der Waals surface area contributed by atoms with Crippen molar-refractivity contribution in [3.05, 3.63) is 133 Å². The van der Waals surface area contributed by atoms with Crippen LogP contribution in [0.3, 0.4) is 0 Å². The van der Waals surface area contributed by atoms with Crippen LogP contribution >= 0.6 is 0 Å². The molecule has 0 saturated heterocycles. The van der Waals surface area contributed by atoms with Crippen molar-refractivity contribution in [1.82, 2.24) is 9.97 Å². The molecule has 0 N–H and O–H groups in total. The minimum Gasteiger partial charge on any atom is -0.456 e. The Balaban J connectivity index is 1.16. The lowest BCUT2D eigenvalue weighted by Gasteiger charge is -2.11. The molecule has 10 aromatic rings. The van der Waals surface area contributed by atoms with Crippen LogP contribution in [0, 0.1) is 6.92 Å². The third-order valence-electron chi connectivity index (χ3n) is 9.26. The number of furan rings is 2. The smallest absolute Gasteiger partial charge is 0.143 e. The van der Waals surface area contributed by atoms with Crippen LogP contribution < -0.4 is 0 Å². The third kappa shape index (κ3) is 3.42. The molecule has 0 atom stereocenters. The van der Waals surface area contributed by atoms with E-state index in [1.54, 1.807) is 0 Å². The van der Waals surface area contributed by atoms with Gasteiger partial charge < -0.3 is 8.83 Å². The molecule has 0 saturated carbocycles. The average Bonchev–Trinajstić information content (AvgIpc) is 3.67. The van der Waals surface area contributed by atoms with E-state index >= 15 is 0 Å². The molecule has 3 aromatic heterocycles. The number of nitrogens with zero attached hydrogens (tertiary/aromatic N) is 2. The van der Waals surface area contributed by atoms with E-state index in [4.69, 9.17) is 18.8 Å². The summed E-state index contributed by atoms with van der Waals surface area (Å²) >= 11 is 0. The highest BCUT2D eigenvalue weighted by Crippen LogP contribution is 2.42. The second-order valence-corrected chi connectivity index (χ2v) is 11.8. The number of fused-ring (bicyclic) bond motifs is 12. The lowest BCUT2D eigenvalue weighted by Crippen LogP contribution is -1.92. The van der Waals surface area contributed by atoms with Gasteiger partial charge in [0.15, 0.2) is 0 Å². The number of hydrogen-bond acceptors (Lipinski definition) is 4. The Morgan fingerprint density at radius 1 is 0.489 bits per heavy atom. The van der Waals surface area contributed by atoms with Gasteiger partial charge in [-0.05, 0) is 41.5 Å². The normalized spacial score (nSPS) is 12.1. The number of benzene rings is 7. The molecule has 0 spiro atoms. The molecule has 3 heterocycles. The molecule has 0 radical (unpaired) electrons. The summed E-state index contributed by atoms with van der Waals surface area (Å²) in [6.45, 7) is 2.13. The first-order valence-electron chi connectivity index (χ1n) is 15.2. The van der Waals surface area contributed by atoms with E-state index < -0.39 is 0 Å². The molecule has 10 rings (SSSR count). The molecule has 0 fully saturated rings. The Kier molecular flexibility index (Phi) is 4.89. The fourth-order valence-electron chi connectivity index (χ4n) is 7.19.